The van der Waals surface area contributed by atoms with Crippen LogP contribution in [0.1, 0.15) is 25.7 Å². The molecule has 0 aromatic heterocycles. The molecule has 0 radical (unpaired) electrons. The minimum absolute atomic E-state index is 0.117. The van der Waals surface area contributed by atoms with Gasteiger partial charge in [0.25, 0.3) is 0 Å². The van der Waals surface area contributed by atoms with Crippen molar-refractivity contribution >= 4 is 11.7 Å². The molecule has 0 unspecified atom stereocenters. The molecule has 3 N–H and O–H groups in total. The Kier molecular flexibility index (Phi) is 3.44. The highest BCUT2D eigenvalue weighted by Crippen LogP contribution is 2.33. The number of oxime groups is 1. The van der Waals surface area contributed by atoms with Crippen molar-refractivity contribution in [3.63, 3.8) is 0 Å². The van der Waals surface area contributed by atoms with E-state index in [-0.39, 0.29) is 5.60 Å². The number of carboxylic acids is 1. The number of rotatable bonds is 2. The molecule has 106 valence electrons. The highest BCUT2D eigenvalue weighted by Gasteiger charge is 2.42. The quantitative estimate of drug-likeness (QED) is 0.781. The fourth-order valence-electron chi connectivity index (χ4n) is 2.95. The fourth-order valence-corrected chi connectivity index (χ4v) is 2.95. The van der Waals surface area contributed by atoms with E-state index >= 15 is 0 Å². The van der Waals surface area contributed by atoms with Gasteiger partial charge in [-0.2, -0.15) is 0 Å². The molecule has 2 heterocycles. The van der Waals surface area contributed by atoms with E-state index in [0.717, 1.165) is 43.6 Å². The summed E-state index contributed by atoms with van der Waals surface area (Å²) in [6.07, 6.45) is 10.7. The maximum absolute atomic E-state index is 11.0. The Labute approximate surface area is 117 Å². The maximum Gasteiger partial charge on any atom is 0.335 e. The minimum atomic E-state index is -0.889. The van der Waals surface area contributed by atoms with Crippen LogP contribution in [0.5, 0.6) is 0 Å². The Bertz CT molecular complexity index is 537. The van der Waals surface area contributed by atoms with Gasteiger partial charge in [-0.1, -0.05) is 23.4 Å². The first-order valence-electron chi connectivity index (χ1n) is 7.07. The number of carboxylic acid groups (broad SMARTS) is 1. The summed E-state index contributed by atoms with van der Waals surface area (Å²) in [6.45, 7) is 2.17. The zero-order valence-electron chi connectivity index (χ0n) is 11.3. The van der Waals surface area contributed by atoms with Crippen molar-refractivity contribution in [1.82, 2.24) is 0 Å². The molecule has 1 spiro atoms. The lowest BCUT2D eigenvalue weighted by Crippen LogP contribution is -2.87. The summed E-state index contributed by atoms with van der Waals surface area (Å²) in [7, 11) is 0. The van der Waals surface area contributed by atoms with Gasteiger partial charge >= 0.3 is 5.97 Å². The van der Waals surface area contributed by atoms with E-state index in [0.29, 0.717) is 12.0 Å². The first-order valence-corrected chi connectivity index (χ1v) is 7.07. The molecule has 1 fully saturated rings. The first-order chi connectivity index (χ1) is 9.69. The second-order valence-corrected chi connectivity index (χ2v) is 5.55. The van der Waals surface area contributed by atoms with Gasteiger partial charge in [-0.15, -0.1) is 0 Å². The van der Waals surface area contributed by atoms with Crippen molar-refractivity contribution in [2.45, 2.75) is 31.3 Å². The monoisotopic (exact) mass is 275 g/mol. The molecule has 3 aliphatic rings. The van der Waals surface area contributed by atoms with Gasteiger partial charge in [-0.25, -0.2) is 4.79 Å². The third-order valence-corrected chi connectivity index (χ3v) is 4.15. The number of piperidine rings is 1. The molecule has 20 heavy (non-hydrogen) atoms. The van der Waals surface area contributed by atoms with Crippen LogP contribution in [0.2, 0.25) is 0 Å². The normalized spacial score (nSPS) is 24.5. The number of nitrogens with two attached hydrogens (primary N) is 1. The van der Waals surface area contributed by atoms with Crippen LogP contribution in [0, 0.1) is 0 Å². The van der Waals surface area contributed by atoms with Crippen LogP contribution in [0.4, 0.5) is 0 Å². The number of hydrogen-bond acceptors (Lipinski definition) is 3. The maximum atomic E-state index is 11.0. The zero-order chi connectivity index (χ0) is 14.0. The Morgan fingerprint density at radius 2 is 2.10 bits per heavy atom. The molecule has 5 nitrogen and oxygen atoms in total. The van der Waals surface area contributed by atoms with Gasteiger partial charge in [-0.3, -0.25) is 0 Å². The molecule has 0 aromatic rings. The summed E-state index contributed by atoms with van der Waals surface area (Å²) in [4.78, 5) is 16.7. The molecular weight excluding hydrogens is 256 g/mol. The molecule has 0 aromatic carbocycles. The highest BCUT2D eigenvalue weighted by molar-refractivity contribution is 6.04. The van der Waals surface area contributed by atoms with Crippen LogP contribution in [-0.4, -0.2) is 35.5 Å². The van der Waals surface area contributed by atoms with Crippen LogP contribution in [0.15, 0.2) is 40.6 Å². The van der Waals surface area contributed by atoms with Gasteiger partial charge in [0, 0.05) is 19.3 Å². The molecule has 0 amide bonds. The van der Waals surface area contributed by atoms with E-state index in [1.165, 1.54) is 0 Å². The van der Waals surface area contributed by atoms with Crippen molar-refractivity contribution in [3.8, 4) is 0 Å². The van der Waals surface area contributed by atoms with E-state index in [2.05, 4.69) is 10.5 Å². The smallest absolute Gasteiger partial charge is 0.335 e. The third-order valence-electron chi connectivity index (χ3n) is 4.15. The summed E-state index contributed by atoms with van der Waals surface area (Å²) < 4.78 is 0. The van der Waals surface area contributed by atoms with E-state index in [1.54, 1.807) is 12.2 Å². The van der Waals surface area contributed by atoms with E-state index in [4.69, 9.17) is 9.94 Å². The fraction of sp³-hybridized carbons (Fsp3) is 0.467. The summed E-state index contributed by atoms with van der Waals surface area (Å²) in [6, 6.07) is 0. The summed E-state index contributed by atoms with van der Waals surface area (Å²) in [5.41, 5.74) is 2.15. The first kappa shape index (κ1) is 13.1. The second kappa shape index (κ2) is 5.25. The predicted molar refractivity (Wildman–Crippen MR) is 74.3 cm³/mol. The van der Waals surface area contributed by atoms with Gasteiger partial charge in [-0.05, 0) is 18.1 Å². The molecule has 3 rings (SSSR count). The number of hydrogen-bond donors (Lipinski definition) is 2. The largest absolute Gasteiger partial charge is 0.478 e. The van der Waals surface area contributed by atoms with E-state index < -0.39 is 5.97 Å². The zero-order valence-corrected chi connectivity index (χ0v) is 11.3. The van der Waals surface area contributed by atoms with Crippen LogP contribution >= 0.6 is 0 Å². The minimum Gasteiger partial charge on any atom is -0.478 e. The molecule has 0 atom stereocenters. The highest BCUT2D eigenvalue weighted by atomic mass is 16.7. The van der Waals surface area contributed by atoms with Crippen molar-refractivity contribution in [1.29, 1.82) is 0 Å². The Morgan fingerprint density at radius 3 is 2.85 bits per heavy atom. The molecule has 1 aliphatic carbocycles. The standard InChI is InChI=1S/C15H18N2O3/c18-14(19)12-3-1-2-11(4-5-12)13-10-15(20-17-13)6-8-16-9-7-15/h2-5,16H,1,6-10H2,(H,18,19)/p+1. The second-order valence-electron chi connectivity index (χ2n) is 5.55. The molecular formula is C15H19N2O3+. The van der Waals surface area contributed by atoms with Gasteiger partial charge in [0.2, 0.25) is 0 Å². The molecule has 0 saturated carbocycles. The van der Waals surface area contributed by atoms with Crippen molar-refractivity contribution < 1.29 is 20.1 Å². The molecule has 5 heteroatoms. The van der Waals surface area contributed by atoms with Crippen LogP contribution in [-0.2, 0) is 9.63 Å². The predicted octanol–water partition coefficient (Wildman–Crippen LogP) is 0.756. The number of aliphatic carboxylic acids is 1. The van der Waals surface area contributed by atoms with Crippen LogP contribution in [0.25, 0.3) is 0 Å². The summed E-state index contributed by atoms with van der Waals surface area (Å²) in [5, 5.41) is 15.6. The summed E-state index contributed by atoms with van der Waals surface area (Å²) in [5.74, 6) is -0.889. The van der Waals surface area contributed by atoms with Gasteiger partial charge in [0.05, 0.1) is 24.4 Å². The lowest BCUT2D eigenvalue weighted by atomic mass is 9.86. The number of quaternary nitrogens is 1. The van der Waals surface area contributed by atoms with E-state index in [1.807, 2.05) is 12.2 Å². The number of nitrogens with zero attached hydrogens (tertiary/aromatic N) is 1. The Balaban J connectivity index is 1.71. The lowest BCUT2D eigenvalue weighted by molar-refractivity contribution is -0.668. The number of allylic oxidation sites excluding steroid dienone is 4. The summed E-state index contributed by atoms with van der Waals surface area (Å²) >= 11 is 0. The average molecular weight is 275 g/mol. The van der Waals surface area contributed by atoms with Gasteiger partial charge < -0.3 is 15.3 Å². The molecule has 2 aliphatic heterocycles. The van der Waals surface area contributed by atoms with Crippen molar-refractivity contribution in [2.75, 3.05) is 13.1 Å². The van der Waals surface area contributed by atoms with Gasteiger partial charge in [0.1, 0.15) is 0 Å². The topological polar surface area (TPSA) is 75.5 Å². The Morgan fingerprint density at radius 1 is 1.30 bits per heavy atom. The van der Waals surface area contributed by atoms with Crippen molar-refractivity contribution in [3.05, 3.63) is 35.5 Å². The van der Waals surface area contributed by atoms with Crippen LogP contribution in [0.3, 0.4) is 0 Å². The Hall–Kier alpha value is -1.88. The van der Waals surface area contributed by atoms with Crippen LogP contribution < -0.4 is 5.32 Å². The van der Waals surface area contributed by atoms with Gasteiger partial charge in [0.15, 0.2) is 5.60 Å². The third kappa shape index (κ3) is 2.54. The number of carbonyl (C=O) groups is 1. The lowest BCUT2D eigenvalue weighted by Gasteiger charge is -2.28. The van der Waals surface area contributed by atoms with Crippen molar-refractivity contribution in [2.24, 2.45) is 5.16 Å². The SMILES string of the molecule is O=C(O)C1=CCC=C(C2=NOC3(CC[NH2+]CC3)C2)C=C1. The average Bonchev–Trinajstić information content (AvgIpc) is 2.70. The molecule has 1 saturated heterocycles. The van der Waals surface area contributed by atoms with E-state index in [9.17, 15) is 4.79 Å². The molecule has 0 bridgehead atoms.